The Balaban J connectivity index is 1.83. The van der Waals surface area contributed by atoms with E-state index in [0.717, 1.165) is 12.8 Å². The van der Waals surface area contributed by atoms with Crippen molar-refractivity contribution in [3.05, 3.63) is 35.9 Å². The topological polar surface area (TPSA) is 72.6 Å². The lowest BCUT2D eigenvalue weighted by atomic mass is 9.81. The monoisotopic (exact) mass is 414 g/mol. The molecule has 1 amide bonds. The second-order valence-electron chi connectivity index (χ2n) is 10.1. The predicted octanol–water partition coefficient (Wildman–Crippen LogP) is 4.40. The lowest BCUT2D eigenvalue weighted by molar-refractivity contribution is -0.160. The Labute approximate surface area is 181 Å². The summed E-state index contributed by atoms with van der Waals surface area (Å²) in [5.74, 6) is 0.376. The van der Waals surface area contributed by atoms with E-state index in [4.69, 9.17) is 10.5 Å². The van der Waals surface area contributed by atoms with Crippen LogP contribution in [0.1, 0.15) is 83.6 Å². The summed E-state index contributed by atoms with van der Waals surface area (Å²) in [5.41, 5.74) is 7.01. The molecule has 3 unspecified atom stereocenters. The normalized spacial score (nSPS) is 26.3. The largest absolute Gasteiger partial charge is 0.459 e. The summed E-state index contributed by atoms with van der Waals surface area (Å²) < 4.78 is 5.54. The highest BCUT2D eigenvalue weighted by molar-refractivity contribution is 5.86. The Morgan fingerprint density at radius 3 is 2.40 bits per heavy atom. The molecule has 1 aromatic carbocycles. The third-order valence-electron chi connectivity index (χ3n) is 6.46. The van der Waals surface area contributed by atoms with Gasteiger partial charge in [0.2, 0.25) is 5.91 Å². The van der Waals surface area contributed by atoms with Gasteiger partial charge in [0.05, 0.1) is 6.04 Å². The lowest BCUT2D eigenvalue weighted by Gasteiger charge is -2.35. The van der Waals surface area contributed by atoms with Gasteiger partial charge < -0.3 is 15.4 Å². The van der Waals surface area contributed by atoms with Gasteiger partial charge in [-0.25, -0.2) is 0 Å². The van der Waals surface area contributed by atoms with Crippen LogP contribution in [0.3, 0.4) is 0 Å². The zero-order valence-corrected chi connectivity index (χ0v) is 18.8. The fraction of sp³-hybridized carbons (Fsp3) is 0.680. The predicted molar refractivity (Wildman–Crippen MR) is 119 cm³/mol. The zero-order chi connectivity index (χ0) is 21.7. The maximum atomic E-state index is 13.3. The minimum atomic E-state index is -0.589. The quantitative estimate of drug-likeness (QED) is 0.725. The summed E-state index contributed by atoms with van der Waals surface area (Å²) in [6, 6.07) is 9.79. The number of hydrogen-bond donors (Lipinski definition) is 1. The van der Waals surface area contributed by atoms with Gasteiger partial charge in [0.25, 0.3) is 0 Å². The third-order valence-corrected chi connectivity index (χ3v) is 6.46. The van der Waals surface area contributed by atoms with Crippen molar-refractivity contribution in [2.75, 3.05) is 6.54 Å². The van der Waals surface area contributed by atoms with Crippen LogP contribution in [0.25, 0.3) is 0 Å². The number of rotatable bonds is 5. The van der Waals surface area contributed by atoms with E-state index in [2.05, 4.69) is 12.1 Å². The van der Waals surface area contributed by atoms with Crippen molar-refractivity contribution in [2.24, 2.45) is 11.7 Å². The van der Waals surface area contributed by atoms with Crippen molar-refractivity contribution < 1.29 is 14.3 Å². The van der Waals surface area contributed by atoms with Crippen LogP contribution in [0.5, 0.6) is 0 Å². The first-order valence-electron chi connectivity index (χ1n) is 11.6. The van der Waals surface area contributed by atoms with Gasteiger partial charge in [0.1, 0.15) is 12.1 Å². The van der Waals surface area contributed by atoms with Gasteiger partial charge in [0.15, 0.2) is 0 Å². The lowest BCUT2D eigenvalue weighted by Crippen LogP contribution is -2.50. The Morgan fingerprint density at radius 2 is 1.77 bits per heavy atom. The minimum Gasteiger partial charge on any atom is -0.459 e. The number of benzene rings is 1. The van der Waals surface area contributed by atoms with Crippen molar-refractivity contribution in [3.63, 3.8) is 0 Å². The van der Waals surface area contributed by atoms with E-state index in [1.54, 1.807) is 4.90 Å². The van der Waals surface area contributed by atoms with Gasteiger partial charge in [-0.2, -0.15) is 0 Å². The highest BCUT2D eigenvalue weighted by atomic mass is 16.6. The van der Waals surface area contributed by atoms with Crippen LogP contribution in [-0.2, 0) is 14.3 Å². The van der Waals surface area contributed by atoms with Gasteiger partial charge >= 0.3 is 5.97 Å². The number of hydrogen-bond acceptors (Lipinski definition) is 4. The van der Waals surface area contributed by atoms with Crippen LogP contribution < -0.4 is 5.73 Å². The average Bonchev–Trinajstić information content (AvgIpc) is 2.80. The number of nitrogens with zero attached hydrogens (tertiary/aromatic N) is 1. The highest BCUT2D eigenvalue weighted by Crippen LogP contribution is 2.36. The van der Waals surface area contributed by atoms with E-state index in [0.29, 0.717) is 12.3 Å². The molecule has 5 nitrogen and oxygen atoms in total. The SMILES string of the molecule is CC(C)(C)OC(=O)CN1C(=O)C(N)CC(c2ccccc2)CC1CC1CCCCC1. The highest BCUT2D eigenvalue weighted by Gasteiger charge is 2.38. The Morgan fingerprint density at radius 1 is 1.10 bits per heavy atom. The molecule has 1 saturated heterocycles. The molecule has 2 aliphatic rings. The van der Waals surface area contributed by atoms with Gasteiger partial charge in [0, 0.05) is 6.04 Å². The maximum absolute atomic E-state index is 13.3. The molecule has 166 valence electrons. The van der Waals surface area contributed by atoms with Gasteiger partial charge in [-0.05, 0) is 57.4 Å². The molecule has 0 spiro atoms. The first-order chi connectivity index (χ1) is 14.2. The summed E-state index contributed by atoms with van der Waals surface area (Å²) in [4.78, 5) is 27.6. The first kappa shape index (κ1) is 22.8. The van der Waals surface area contributed by atoms with E-state index in [1.807, 2.05) is 39.0 Å². The molecule has 1 aliphatic carbocycles. The number of amides is 1. The zero-order valence-electron chi connectivity index (χ0n) is 18.8. The van der Waals surface area contributed by atoms with E-state index >= 15 is 0 Å². The van der Waals surface area contributed by atoms with Crippen molar-refractivity contribution in [1.82, 2.24) is 4.90 Å². The smallest absolute Gasteiger partial charge is 0.326 e. The summed E-state index contributed by atoms with van der Waals surface area (Å²) in [7, 11) is 0. The van der Waals surface area contributed by atoms with Crippen molar-refractivity contribution in [1.29, 1.82) is 0 Å². The van der Waals surface area contributed by atoms with Crippen LogP contribution in [0.4, 0.5) is 0 Å². The molecule has 1 saturated carbocycles. The standard InChI is InChI=1S/C25H38N2O3/c1-25(2,3)30-23(28)17-27-21(14-18-10-6-4-7-11-18)15-20(16-22(26)24(27)29)19-12-8-5-9-13-19/h5,8-9,12-13,18,20-22H,4,6-7,10-11,14-17,26H2,1-3H3. The van der Waals surface area contributed by atoms with Crippen LogP contribution in [0.15, 0.2) is 30.3 Å². The Kier molecular flexibility index (Phi) is 7.56. The third kappa shape index (κ3) is 6.31. The van der Waals surface area contributed by atoms with E-state index in [1.165, 1.54) is 37.7 Å². The molecule has 2 N–H and O–H groups in total. The molecule has 0 aromatic heterocycles. The summed E-state index contributed by atoms with van der Waals surface area (Å²) in [6.45, 7) is 5.55. The molecule has 0 radical (unpaired) electrons. The number of nitrogens with two attached hydrogens (primary N) is 1. The number of carbonyl (C=O) groups is 2. The summed E-state index contributed by atoms with van der Waals surface area (Å²) in [5, 5.41) is 0. The second kappa shape index (κ2) is 9.95. The van der Waals surface area contributed by atoms with Crippen LogP contribution in [0.2, 0.25) is 0 Å². The molecule has 1 heterocycles. The molecule has 2 fully saturated rings. The van der Waals surface area contributed by atoms with Gasteiger partial charge in [-0.1, -0.05) is 62.4 Å². The maximum Gasteiger partial charge on any atom is 0.326 e. The summed E-state index contributed by atoms with van der Waals surface area (Å²) in [6.07, 6.45) is 8.68. The minimum absolute atomic E-state index is 0.0112. The second-order valence-corrected chi connectivity index (χ2v) is 10.1. The van der Waals surface area contributed by atoms with Crippen molar-refractivity contribution >= 4 is 11.9 Å². The van der Waals surface area contributed by atoms with E-state index in [9.17, 15) is 9.59 Å². The Hall–Kier alpha value is -1.88. The number of ether oxygens (including phenoxy) is 1. The van der Waals surface area contributed by atoms with Crippen LogP contribution in [-0.4, -0.2) is 41.0 Å². The number of carbonyl (C=O) groups excluding carboxylic acids is 2. The van der Waals surface area contributed by atoms with Crippen LogP contribution >= 0.6 is 0 Å². The molecule has 1 aromatic rings. The Bertz CT molecular complexity index is 707. The number of likely N-dealkylation sites (tertiary alicyclic amines) is 1. The van der Waals surface area contributed by atoms with Gasteiger partial charge in [-0.15, -0.1) is 0 Å². The first-order valence-corrected chi connectivity index (χ1v) is 11.6. The molecule has 0 bridgehead atoms. The van der Waals surface area contributed by atoms with E-state index < -0.39 is 11.6 Å². The van der Waals surface area contributed by atoms with Gasteiger partial charge in [-0.3, -0.25) is 9.59 Å². The molecular weight excluding hydrogens is 376 g/mol. The fourth-order valence-electron chi connectivity index (χ4n) is 5.10. The molecule has 5 heteroatoms. The molecule has 30 heavy (non-hydrogen) atoms. The molecule has 3 rings (SSSR count). The molecule has 1 aliphatic heterocycles. The molecule has 3 atom stereocenters. The molecular formula is C25H38N2O3. The van der Waals surface area contributed by atoms with Crippen LogP contribution in [0, 0.1) is 5.92 Å². The van der Waals surface area contributed by atoms with Crippen molar-refractivity contribution in [2.45, 2.75) is 95.7 Å². The fourth-order valence-corrected chi connectivity index (χ4v) is 5.10. The van der Waals surface area contributed by atoms with Crippen molar-refractivity contribution in [3.8, 4) is 0 Å². The number of esters is 1. The average molecular weight is 415 g/mol. The summed E-state index contributed by atoms with van der Waals surface area (Å²) >= 11 is 0. The van der Waals surface area contributed by atoms with E-state index in [-0.39, 0.29) is 30.4 Å².